The van der Waals surface area contributed by atoms with Gasteiger partial charge >= 0.3 is 5.69 Å². The minimum Gasteiger partial charge on any atom is -0.399 e. The Kier molecular flexibility index (Phi) is 3.80. The summed E-state index contributed by atoms with van der Waals surface area (Å²) in [5, 5.41) is 0. The summed E-state index contributed by atoms with van der Waals surface area (Å²) >= 11 is 0. The molecular formula is C19H20N4O2. The molecule has 6 nitrogen and oxygen atoms in total. The molecule has 128 valence electrons. The maximum atomic E-state index is 12.6. The number of amides is 1. The van der Waals surface area contributed by atoms with Crippen LogP contribution in [0.5, 0.6) is 0 Å². The van der Waals surface area contributed by atoms with Crippen LogP contribution in [0.3, 0.4) is 0 Å². The van der Waals surface area contributed by atoms with E-state index in [1.807, 2.05) is 33.7 Å². The standard InChI is InChI=1S/C19H20N4O2/c20-14-7-5-13(6-8-14)18(24)22-11-9-15(10-12-22)23-17-4-2-1-3-16(17)21-19(23)25/h1-8,15H,9-12,20H2,(H,21,25). The average molecular weight is 336 g/mol. The largest absolute Gasteiger partial charge is 0.399 e. The highest BCUT2D eigenvalue weighted by atomic mass is 16.2. The van der Waals surface area contributed by atoms with Crippen molar-refractivity contribution in [3.05, 3.63) is 64.6 Å². The number of aromatic amines is 1. The Bertz CT molecular complexity index is 963. The first-order valence-corrected chi connectivity index (χ1v) is 8.47. The number of hydrogen-bond acceptors (Lipinski definition) is 3. The molecule has 1 amide bonds. The second kappa shape index (κ2) is 6.12. The minimum absolute atomic E-state index is 0.0183. The molecule has 0 bridgehead atoms. The van der Waals surface area contributed by atoms with Crippen LogP contribution in [0.1, 0.15) is 29.2 Å². The molecule has 3 N–H and O–H groups in total. The van der Waals surface area contributed by atoms with Crippen molar-refractivity contribution in [3.8, 4) is 0 Å². The van der Waals surface area contributed by atoms with Crippen molar-refractivity contribution >= 4 is 22.6 Å². The van der Waals surface area contributed by atoms with Gasteiger partial charge in [0.05, 0.1) is 11.0 Å². The van der Waals surface area contributed by atoms with Crippen molar-refractivity contribution in [2.45, 2.75) is 18.9 Å². The van der Waals surface area contributed by atoms with Crippen LogP contribution in [0.25, 0.3) is 11.0 Å². The monoisotopic (exact) mass is 336 g/mol. The summed E-state index contributed by atoms with van der Waals surface area (Å²) < 4.78 is 1.83. The number of carbonyl (C=O) groups excluding carboxylic acids is 1. The number of rotatable bonds is 2. The highest BCUT2D eigenvalue weighted by Gasteiger charge is 2.26. The quantitative estimate of drug-likeness (QED) is 0.705. The van der Waals surface area contributed by atoms with E-state index in [0.29, 0.717) is 24.3 Å². The Morgan fingerprint density at radius 2 is 1.72 bits per heavy atom. The van der Waals surface area contributed by atoms with Gasteiger partial charge < -0.3 is 15.6 Å². The summed E-state index contributed by atoms with van der Waals surface area (Å²) in [4.78, 5) is 29.7. The molecule has 2 heterocycles. The lowest BCUT2D eigenvalue weighted by molar-refractivity contribution is 0.0695. The molecule has 1 aromatic heterocycles. The summed E-state index contributed by atoms with van der Waals surface area (Å²) in [6.45, 7) is 1.28. The highest BCUT2D eigenvalue weighted by molar-refractivity contribution is 5.94. The number of H-pyrrole nitrogens is 1. The normalized spacial score (nSPS) is 15.6. The Hall–Kier alpha value is -3.02. The highest BCUT2D eigenvalue weighted by Crippen LogP contribution is 2.25. The molecule has 0 spiro atoms. The fraction of sp³-hybridized carbons (Fsp3) is 0.263. The maximum Gasteiger partial charge on any atom is 0.326 e. The van der Waals surface area contributed by atoms with Gasteiger partial charge in [-0.3, -0.25) is 9.36 Å². The number of aromatic nitrogens is 2. The number of piperidine rings is 1. The first-order valence-electron chi connectivity index (χ1n) is 8.47. The van der Waals surface area contributed by atoms with Crippen LogP contribution in [0.4, 0.5) is 5.69 Å². The van der Waals surface area contributed by atoms with E-state index in [1.165, 1.54) is 0 Å². The molecule has 2 aromatic carbocycles. The van der Waals surface area contributed by atoms with Gasteiger partial charge in [0.1, 0.15) is 0 Å². The third-order valence-corrected chi connectivity index (χ3v) is 4.90. The van der Waals surface area contributed by atoms with Crippen LogP contribution in [0.15, 0.2) is 53.3 Å². The lowest BCUT2D eigenvalue weighted by Crippen LogP contribution is -2.40. The van der Waals surface area contributed by atoms with Crippen molar-refractivity contribution in [2.24, 2.45) is 0 Å². The number of anilines is 1. The summed E-state index contributed by atoms with van der Waals surface area (Å²) in [5.74, 6) is 0.0183. The molecule has 3 aromatic rings. The van der Waals surface area contributed by atoms with Crippen LogP contribution in [-0.2, 0) is 0 Å². The van der Waals surface area contributed by atoms with Crippen LogP contribution in [0.2, 0.25) is 0 Å². The molecule has 4 rings (SSSR count). The number of nitrogens with zero attached hydrogens (tertiary/aromatic N) is 2. The van der Waals surface area contributed by atoms with E-state index >= 15 is 0 Å². The number of hydrogen-bond donors (Lipinski definition) is 2. The van der Waals surface area contributed by atoms with Gasteiger partial charge in [0.15, 0.2) is 0 Å². The first kappa shape index (κ1) is 15.5. The van der Waals surface area contributed by atoms with E-state index in [-0.39, 0.29) is 17.6 Å². The number of likely N-dealkylation sites (tertiary alicyclic amines) is 1. The van der Waals surface area contributed by atoms with E-state index < -0.39 is 0 Å². The zero-order chi connectivity index (χ0) is 17.4. The summed E-state index contributed by atoms with van der Waals surface area (Å²) in [5.41, 5.74) is 8.68. The summed E-state index contributed by atoms with van der Waals surface area (Å²) in [6.07, 6.45) is 1.53. The fourth-order valence-electron chi connectivity index (χ4n) is 3.57. The maximum absolute atomic E-state index is 12.6. The Labute approximate surface area is 144 Å². The van der Waals surface area contributed by atoms with Crippen molar-refractivity contribution in [1.29, 1.82) is 0 Å². The number of carbonyl (C=O) groups is 1. The molecule has 1 saturated heterocycles. The van der Waals surface area contributed by atoms with Crippen LogP contribution < -0.4 is 11.4 Å². The molecular weight excluding hydrogens is 316 g/mol. The minimum atomic E-state index is -0.0792. The lowest BCUT2D eigenvalue weighted by atomic mass is 10.0. The Balaban J connectivity index is 1.51. The Morgan fingerprint density at radius 3 is 2.44 bits per heavy atom. The average Bonchev–Trinajstić information content (AvgIpc) is 2.97. The molecule has 1 fully saturated rings. The Morgan fingerprint density at radius 1 is 1.04 bits per heavy atom. The molecule has 1 aliphatic rings. The van der Waals surface area contributed by atoms with Crippen molar-refractivity contribution in [1.82, 2.24) is 14.5 Å². The van der Waals surface area contributed by atoms with E-state index in [1.54, 1.807) is 24.3 Å². The molecule has 6 heteroatoms. The predicted octanol–water partition coefficient (Wildman–Crippen LogP) is 2.39. The van der Waals surface area contributed by atoms with Crippen molar-refractivity contribution < 1.29 is 4.79 Å². The number of benzene rings is 2. The summed E-state index contributed by atoms with van der Waals surface area (Å²) in [6, 6.07) is 14.8. The first-order chi connectivity index (χ1) is 12.1. The smallest absolute Gasteiger partial charge is 0.326 e. The zero-order valence-corrected chi connectivity index (χ0v) is 13.8. The molecule has 0 unspecified atom stereocenters. The van der Waals surface area contributed by atoms with E-state index in [4.69, 9.17) is 5.73 Å². The number of fused-ring (bicyclic) bond motifs is 1. The molecule has 0 saturated carbocycles. The van der Waals surface area contributed by atoms with Gasteiger partial charge in [0, 0.05) is 30.4 Å². The lowest BCUT2D eigenvalue weighted by Gasteiger charge is -2.32. The number of nitrogen functional groups attached to an aromatic ring is 1. The molecule has 0 radical (unpaired) electrons. The van der Waals surface area contributed by atoms with E-state index in [9.17, 15) is 9.59 Å². The van der Waals surface area contributed by atoms with Gasteiger partial charge in [-0.15, -0.1) is 0 Å². The molecule has 0 aliphatic carbocycles. The fourth-order valence-corrected chi connectivity index (χ4v) is 3.57. The third-order valence-electron chi connectivity index (χ3n) is 4.90. The van der Waals surface area contributed by atoms with E-state index in [2.05, 4.69) is 4.98 Å². The van der Waals surface area contributed by atoms with Crippen LogP contribution >= 0.6 is 0 Å². The van der Waals surface area contributed by atoms with E-state index in [0.717, 1.165) is 23.9 Å². The number of nitrogens with one attached hydrogen (secondary N) is 1. The molecule has 0 atom stereocenters. The van der Waals surface area contributed by atoms with Gasteiger partial charge in [-0.05, 0) is 49.2 Å². The third kappa shape index (κ3) is 2.80. The van der Waals surface area contributed by atoms with Crippen molar-refractivity contribution in [3.63, 3.8) is 0 Å². The number of imidazole rings is 1. The number of nitrogens with two attached hydrogens (primary N) is 1. The van der Waals surface area contributed by atoms with Gasteiger partial charge in [-0.1, -0.05) is 12.1 Å². The summed E-state index contributed by atoms with van der Waals surface area (Å²) in [7, 11) is 0. The number of para-hydroxylation sites is 2. The molecule has 25 heavy (non-hydrogen) atoms. The van der Waals surface area contributed by atoms with Gasteiger partial charge in [0.25, 0.3) is 5.91 Å². The predicted molar refractivity (Wildman–Crippen MR) is 97.6 cm³/mol. The second-order valence-electron chi connectivity index (χ2n) is 6.46. The van der Waals surface area contributed by atoms with Crippen molar-refractivity contribution in [2.75, 3.05) is 18.8 Å². The van der Waals surface area contributed by atoms with Gasteiger partial charge in [-0.2, -0.15) is 0 Å². The topological polar surface area (TPSA) is 84.1 Å². The van der Waals surface area contributed by atoms with Gasteiger partial charge in [0.2, 0.25) is 0 Å². The van der Waals surface area contributed by atoms with Crippen LogP contribution in [0, 0.1) is 0 Å². The van der Waals surface area contributed by atoms with Crippen LogP contribution in [-0.4, -0.2) is 33.4 Å². The van der Waals surface area contributed by atoms with Gasteiger partial charge in [-0.25, -0.2) is 4.79 Å². The second-order valence-corrected chi connectivity index (χ2v) is 6.46. The molecule has 1 aliphatic heterocycles. The zero-order valence-electron chi connectivity index (χ0n) is 13.8. The SMILES string of the molecule is Nc1ccc(C(=O)N2CCC(n3c(=O)[nH]c4ccccc43)CC2)cc1.